The number of nitrogens with one attached hydrogen (secondary N) is 1. The highest BCUT2D eigenvalue weighted by Gasteiger charge is 2.44. The number of hydrazine groups is 1. The minimum absolute atomic E-state index is 0.169. The van der Waals surface area contributed by atoms with E-state index in [2.05, 4.69) is 10.4 Å². The highest BCUT2D eigenvalue weighted by Crippen LogP contribution is 2.37. The lowest BCUT2D eigenvalue weighted by molar-refractivity contribution is 0.0390. The van der Waals surface area contributed by atoms with E-state index in [-0.39, 0.29) is 22.0 Å². The van der Waals surface area contributed by atoms with Crippen molar-refractivity contribution in [3.05, 3.63) is 48.3 Å². The number of nitrogens with two attached hydrogens (primary N) is 2. The lowest BCUT2D eigenvalue weighted by Gasteiger charge is -2.38. The summed E-state index contributed by atoms with van der Waals surface area (Å²) in [4.78, 5) is 15.9. The standard InChI is InChI=1S/C23H30N6O4S/c1-14-5-7-15(8-6-14)34(31,32)29-12-9-16-19(17(24)13-26-21(16)29)27-28-11-10-18(33-22(25)30)20(28)23(2,3)4/h5-9,12-13,18,20H,10-11,24H2,1-4H3,(H2,25,30)(H,26,27). The molecule has 10 nitrogen and oxygen atoms in total. The van der Waals surface area contributed by atoms with Gasteiger partial charge < -0.3 is 21.6 Å². The van der Waals surface area contributed by atoms with Gasteiger partial charge in [0.15, 0.2) is 5.65 Å². The summed E-state index contributed by atoms with van der Waals surface area (Å²) in [5.74, 6) is 0. The molecule has 0 aliphatic carbocycles. The fourth-order valence-corrected chi connectivity index (χ4v) is 5.85. The van der Waals surface area contributed by atoms with Gasteiger partial charge in [-0.2, -0.15) is 0 Å². The first kappa shape index (κ1) is 23.8. The zero-order valence-corrected chi connectivity index (χ0v) is 20.5. The summed E-state index contributed by atoms with van der Waals surface area (Å²) in [6, 6.07) is 8.13. The number of hydrogen-bond donors (Lipinski definition) is 3. The molecule has 5 N–H and O–H groups in total. The third kappa shape index (κ3) is 4.28. The Kier molecular flexibility index (Phi) is 5.94. The molecule has 182 valence electrons. The van der Waals surface area contributed by atoms with Crippen LogP contribution < -0.4 is 16.9 Å². The smallest absolute Gasteiger partial charge is 0.404 e. The predicted molar refractivity (Wildman–Crippen MR) is 131 cm³/mol. The van der Waals surface area contributed by atoms with Gasteiger partial charge in [-0.15, -0.1) is 0 Å². The maximum absolute atomic E-state index is 13.3. The van der Waals surface area contributed by atoms with E-state index in [4.69, 9.17) is 16.2 Å². The SMILES string of the molecule is Cc1ccc(S(=O)(=O)n2ccc3c(NN4CCC(OC(N)=O)C4C(C)(C)C)c(N)cnc32)cc1. The number of pyridine rings is 1. The molecule has 4 rings (SSSR count). The Labute approximate surface area is 198 Å². The van der Waals surface area contributed by atoms with Crippen molar-refractivity contribution in [3.8, 4) is 0 Å². The fraction of sp³-hybridized carbons (Fsp3) is 0.391. The number of nitrogen functional groups attached to an aromatic ring is 1. The molecule has 2 unspecified atom stereocenters. The van der Waals surface area contributed by atoms with Crippen LogP contribution in [-0.2, 0) is 14.8 Å². The van der Waals surface area contributed by atoms with Gasteiger partial charge >= 0.3 is 6.09 Å². The van der Waals surface area contributed by atoms with E-state index in [1.54, 1.807) is 30.3 Å². The molecule has 0 saturated carbocycles. The number of amides is 1. The van der Waals surface area contributed by atoms with Gasteiger partial charge in [0, 0.05) is 24.5 Å². The maximum Gasteiger partial charge on any atom is 0.404 e. The minimum Gasteiger partial charge on any atom is -0.445 e. The number of carbonyl (C=O) groups excluding carboxylic acids is 1. The monoisotopic (exact) mass is 486 g/mol. The van der Waals surface area contributed by atoms with Crippen LogP contribution in [0.15, 0.2) is 47.6 Å². The van der Waals surface area contributed by atoms with Gasteiger partial charge in [-0.3, -0.25) is 0 Å². The third-order valence-electron chi connectivity index (χ3n) is 6.04. The van der Waals surface area contributed by atoms with Crippen LogP contribution in [0.4, 0.5) is 16.2 Å². The summed E-state index contributed by atoms with van der Waals surface area (Å²) < 4.78 is 33.1. The number of benzene rings is 1. The molecule has 3 heterocycles. The molecule has 1 fully saturated rings. The summed E-state index contributed by atoms with van der Waals surface area (Å²) in [6.45, 7) is 8.61. The molecule has 1 aromatic carbocycles. The molecule has 11 heteroatoms. The van der Waals surface area contributed by atoms with Crippen molar-refractivity contribution in [2.24, 2.45) is 11.1 Å². The van der Waals surface area contributed by atoms with Crippen molar-refractivity contribution in [1.82, 2.24) is 14.0 Å². The average molecular weight is 487 g/mol. The van der Waals surface area contributed by atoms with Crippen molar-refractivity contribution in [2.75, 3.05) is 17.7 Å². The summed E-state index contributed by atoms with van der Waals surface area (Å²) in [5.41, 5.74) is 16.8. The van der Waals surface area contributed by atoms with Gasteiger partial charge in [0.1, 0.15) is 6.10 Å². The van der Waals surface area contributed by atoms with E-state index in [0.717, 1.165) is 9.54 Å². The first-order valence-electron chi connectivity index (χ1n) is 11.0. The topological polar surface area (TPSA) is 146 Å². The molecule has 0 spiro atoms. The Morgan fingerprint density at radius 1 is 1.21 bits per heavy atom. The van der Waals surface area contributed by atoms with Crippen molar-refractivity contribution >= 4 is 38.5 Å². The average Bonchev–Trinajstić information content (AvgIpc) is 3.34. The Morgan fingerprint density at radius 2 is 1.88 bits per heavy atom. The van der Waals surface area contributed by atoms with Gasteiger partial charge in [-0.1, -0.05) is 38.5 Å². The van der Waals surface area contributed by atoms with E-state index in [1.807, 2.05) is 32.7 Å². The molecule has 1 aliphatic rings. The number of nitrogens with zero attached hydrogens (tertiary/aromatic N) is 3. The summed E-state index contributed by atoms with van der Waals surface area (Å²) in [6.07, 6.45) is 2.29. The summed E-state index contributed by atoms with van der Waals surface area (Å²) >= 11 is 0. The first-order valence-corrected chi connectivity index (χ1v) is 12.4. The Morgan fingerprint density at radius 3 is 2.50 bits per heavy atom. The number of fused-ring (bicyclic) bond motifs is 1. The molecule has 2 atom stereocenters. The lowest BCUT2D eigenvalue weighted by atomic mass is 9.84. The van der Waals surface area contributed by atoms with Crippen molar-refractivity contribution in [3.63, 3.8) is 0 Å². The minimum atomic E-state index is -3.85. The highest BCUT2D eigenvalue weighted by molar-refractivity contribution is 7.90. The molecule has 1 aliphatic heterocycles. The highest BCUT2D eigenvalue weighted by atomic mass is 32.2. The van der Waals surface area contributed by atoms with Crippen LogP contribution in [0.1, 0.15) is 32.8 Å². The van der Waals surface area contributed by atoms with Crippen molar-refractivity contribution < 1.29 is 17.9 Å². The molecule has 0 radical (unpaired) electrons. The van der Waals surface area contributed by atoms with Gasteiger partial charge in [0.05, 0.1) is 28.5 Å². The van der Waals surface area contributed by atoms with Crippen LogP contribution in [0.25, 0.3) is 11.0 Å². The largest absolute Gasteiger partial charge is 0.445 e. The van der Waals surface area contributed by atoms with Gasteiger partial charge in [-0.25, -0.2) is 27.2 Å². The second-order valence-electron chi connectivity index (χ2n) is 9.64. The third-order valence-corrected chi connectivity index (χ3v) is 7.72. The predicted octanol–water partition coefficient (Wildman–Crippen LogP) is 3.08. The molecule has 1 amide bonds. The molecular formula is C23H30N6O4S. The lowest BCUT2D eigenvalue weighted by Crippen LogP contribution is -2.49. The van der Waals surface area contributed by atoms with E-state index in [0.29, 0.717) is 29.7 Å². The molecule has 3 aromatic rings. The zero-order chi connectivity index (χ0) is 24.8. The molecule has 0 bridgehead atoms. The van der Waals surface area contributed by atoms with Crippen LogP contribution in [0.2, 0.25) is 0 Å². The van der Waals surface area contributed by atoms with Gasteiger partial charge in [-0.05, 0) is 30.5 Å². The van der Waals surface area contributed by atoms with Crippen LogP contribution in [0, 0.1) is 12.3 Å². The number of hydrogen-bond acceptors (Lipinski definition) is 8. The van der Waals surface area contributed by atoms with Crippen LogP contribution in [-0.4, -0.2) is 47.2 Å². The number of rotatable bonds is 5. The molecular weight excluding hydrogens is 456 g/mol. The van der Waals surface area contributed by atoms with Crippen LogP contribution in [0.5, 0.6) is 0 Å². The quantitative estimate of drug-likeness (QED) is 0.499. The fourth-order valence-electron chi connectivity index (χ4n) is 4.55. The first-order chi connectivity index (χ1) is 15.9. The molecule has 34 heavy (non-hydrogen) atoms. The molecule has 1 saturated heterocycles. The van der Waals surface area contributed by atoms with Crippen molar-refractivity contribution in [1.29, 1.82) is 0 Å². The maximum atomic E-state index is 13.3. The molecule has 2 aromatic heterocycles. The number of ether oxygens (including phenoxy) is 1. The van der Waals surface area contributed by atoms with E-state index in [9.17, 15) is 13.2 Å². The number of primary amides is 1. The van der Waals surface area contributed by atoms with Gasteiger partial charge in [0.2, 0.25) is 0 Å². The van der Waals surface area contributed by atoms with Gasteiger partial charge in [0.25, 0.3) is 10.0 Å². The number of carbonyl (C=O) groups is 1. The van der Waals surface area contributed by atoms with Crippen molar-refractivity contribution in [2.45, 2.75) is 51.2 Å². The number of anilines is 2. The zero-order valence-electron chi connectivity index (χ0n) is 19.6. The van der Waals surface area contributed by atoms with Crippen LogP contribution in [0.3, 0.4) is 0 Å². The van der Waals surface area contributed by atoms with Crippen LogP contribution >= 0.6 is 0 Å². The van der Waals surface area contributed by atoms with E-state index < -0.39 is 22.2 Å². The Bertz CT molecular complexity index is 1330. The number of aromatic nitrogens is 2. The summed E-state index contributed by atoms with van der Waals surface area (Å²) in [5, 5.41) is 2.52. The second-order valence-corrected chi connectivity index (χ2v) is 11.5. The Balaban J connectivity index is 1.73. The van der Waals surface area contributed by atoms with E-state index >= 15 is 0 Å². The normalized spacial score (nSPS) is 19.4. The Hall–Kier alpha value is -3.31. The number of aryl methyl sites for hydroxylation is 1. The second kappa shape index (κ2) is 8.48. The summed E-state index contributed by atoms with van der Waals surface area (Å²) in [7, 11) is -3.85. The van der Waals surface area contributed by atoms with E-state index in [1.165, 1.54) is 12.4 Å².